The second-order valence-electron chi connectivity index (χ2n) is 1.96. The summed E-state index contributed by atoms with van der Waals surface area (Å²) in [5, 5.41) is 0. The zero-order chi connectivity index (χ0) is 8.69. The number of rotatable bonds is 5. The summed E-state index contributed by atoms with van der Waals surface area (Å²) in [7, 11) is 0. The van der Waals surface area contributed by atoms with Crippen molar-refractivity contribution in [3.8, 4) is 0 Å². The first-order valence-electron chi connectivity index (χ1n) is 3.21. The SMILES string of the molecule is CSCCC(N)C(=O)O[Se]C. The van der Waals surface area contributed by atoms with E-state index in [0.717, 1.165) is 5.75 Å². The average Bonchev–Trinajstić information content (AvgIpc) is 2.00. The number of nitrogens with two attached hydrogens (primary N) is 1. The fourth-order valence-electron chi connectivity index (χ4n) is 0.507. The summed E-state index contributed by atoms with van der Waals surface area (Å²) in [4.78, 5) is 10.9. The number of carbonyl (C=O) groups is 1. The third-order valence-electron chi connectivity index (χ3n) is 1.10. The monoisotopic (exact) mass is 243 g/mol. The molecule has 0 saturated heterocycles. The van der Waals surface area contributed by atoms with Gasteiger partial charge in [-0.1, -0.05) is 0 Å². The van der Waals surface area contributed by atoms with Crippen LogP contribution in [0.25, 0.3) is 0 Å². The van der Waals surface area contributed by atoms with Gasteiger partial charge in [-0.25, -0.2) is 0 Å². The second kappa shape index (κ2) is 6.98. The fraction of sp³-hybridized carbons (Fsp3) is 0.833. The van der Waals surface area contributed by atoms with Crippen molar-refractivity contribution in [3.05, 3.63) is 0 Å². The Morgan fingerprint density at radius 2 is 2.45 bits per heavy atom. The Hall–Kier alpha value is 0.299. The first-order valence-corrected chi connectivity index (χ1v) is 7.02. The quantitative estimate of drug-likeness (QED) is 0.703. The van der Waals surface area contributed by atoms with Gasteiger partial charge >= 0.3 is 77.7 Å². The maximum absolute atomic E-state index is 10.9. The summed E-state index contributed by atoms with van der Waals surface area (Å²) >= 11 is 1.62. The van der Waals surface area contributed by atoms with Crippen LogP contribution >= 0.6 is 11.8 Å². The third-order valence-corrected chi connectivity index (χ3v) is 2.44. The minimum absolute atomic E-state index is 0.0614. The molecule has 1 unspecified atom stereocenters. The van der Waals surface area contributed by atoms with Crippen molar-refractivity contribution in [2.24, 2.45) is 5.73 Å². The van der Waals surface area contributed by atoms with E-state index in [2.05, 4.69) is 0 Å². The van der Waals surface area contributed by atoms with Crippen LogP contribution in [0.3, 0.4) is 0 Å². The molecule has 3 nitrogen and oxygen atoms in total. The number of carbonyl (C=O) groups excluding carboxylic acids is 1. The van der Waals surface area contributed by atoms with Crippen LogP contribution in [0.15, 0.2) is 0 Å². The van der Waals surface area contributed by atoms with Crippen LogP contribution in [0.5, 0.6) is 0 Å². The fourth-order valence-corrected chi connectivity index (χ4v) is 1.60. The number of thioether (sulfide) groups is 1. The van der Waals surface area contributed by atoms with Gasteiger partial charge in [-0.3, -0.25) is 0 Å². The molecule has 0 rings (SSSR count). The van der Waals surface area contributed by atoms with Crippen LogP contribution < -0.4 is 5.73 Å². The van der Waals surface area contributed by atoms with Crippen molar-refractivity contribution in [3.63, 3.8) is 0 Å². The zero-order valence-electron chi connectivity index (χ0n) is 6.70. The summed E-state index contributed by atoms with van der Waals surface area (Å²) in [6.07, 6.45) is 2.69. The Bertz CT molecular complexity index is 123. The van der Waals surface area contributed by atoms with Gasteiger partial charge < -0.3 is 0 Å². The van der Waals surface area contributed by atoms with Crippen LogP contribution in [-0.4, -0.2) is 39.3 Å². The molecule has 0 heterocycles. The molecule has 0 aromatic heterocycles. The molecule has 0 fully saturated rings. The topological polar surface area (TPSA) is 52.3 Å². The molecule has 0 aliphatic rings. The molecule has 1 atom stereocenters. The van der Waals surface area contributed by atoms with E-state index < -0.39 is 6.04 Å². The van der Waals surface area contributed by atoms with Crippen molar-refractivity contribution in [1.29, 1.82) is 0 Å². The van der Waals surface area contributed by atoms with E-state index in [1.165, 1.54) is 0 Å². The van der Waals surface area contributed by atoms with Crippen molar-refractivity contribution in [2.75, 3.05) is 12.0 Å². The normalized spacial score (nSPS) is 12.6. The van der Waals surface area contributed by atoms with Crippen LogP contribution in [0, 0.1) is 0 Å². The summed E-state index contributed by atoms with van der Waals surface area (Å²) in [6, 6.07) is -0.427. The number of hydrogen-bond donors (Lipinski definition) is 1. The molecule has 0 spiro atoms. The molecule has 11 heavy (non-hydrogen) atoms. The number of hydrogen-bond acceptors (Lipinski definition) is 4. The summed E-state index contributed by atoms with van der Waals surface area (Å²) in [5.74, 6) is 2.49. The summed E-state index contributed by atoms with van der Waals surface area (Å²) < 4.78 is 4.79. The minimum atomic E-state index is -0.427. The molecule has 0 radical (unpaired) electrons. The summed E-state index contributed by atoms with van der Waals surface area (Å²) in [5.41, 5.74) is 5.51. The zero-order valence-corrected chi connectivity index (χ0v) is 9.23. The van der Waals surface area contributed by atoms with Gasteiger partial charge in [0.2, 0.25) is 0 Å². The van der Waals surface area contributed by atoms with Gasteiger partial charge in [0.1, 0.15) is 0 Å². The molecule has 0 amide bonds. The van der Waals surface area contributed by atoms with Crippen LogP contribution in [0.1, 0.15) is 6.42 Å². The van der Waals surface area contributed by atoms with E-state index >= 15 is 0 Å². The molecular weight excluding hydrogens is 229 g/mol. The van der Waals surface area contributed by atoms with Crippen molar-refractivity contribution in [2.45, 2.75) is 18.3 Å². The predicted molar refractivity (Wildman–Crippen MR) is 48.7 cm³/mol. The van der Waals surface area contributed by atoms with Crippen molar-refractivity contribution < 1.29 is 8.61 Å². The van der Waals surface area contributed by atoms with E-state index in [1.54, 1.807) is 11.8 Å². The van der Waals surface area contributed by atoms with Crippen molar-refractivity contribution in [1.82, 2.24) is 0 Å². The Labute approximate surface area is 77.9 Å². The van der Waals surface area contributed by atoms with Gasteiger partial charge in [0.25, 0.3) is 0 Å². The van der Waals surface area contributed by atoms with E-state index in [4.69, 9.17) is 9.55 Å². The molecule has 5 heteroatoms. The van der Waals surface area contributed by atoms with Gasteiger partial charge in [0, 0.05) is 0 Å². The van der Waals surface area contributed by atoms with Gasteiger partial charge in [-0.05, 0) is 0 Å². The van der Waals surface area contributed by atoms with E-state index in [1.807, 2.05) is 12.1 Å². The van der Waals surface area contributed by atoms with E-state index in [0.29, 0.717) is 6.42 Å². The molecule has 0 saturated carbocycles. The van der Waals surface area contributed by atoms with E-state index in [-0.39, 0.29) is 21.3 Å². The standard InChI is InChI=1S/C6H13NO2SSe/c1-10-4-3-5(7)6(8)9-11-2/h5H,3-4,7H2,1-2H3. The molecule has 2 N–H and O–H groups in total. The first kappa shape index (κ1) is 11.3. The van der Waals surface area contributed by atoms with Crippen LogP contribution in [-0.2, 0) is 8.61 Å². The van der Waals surface area contributed by atoms with Crippen LogP contribution in [0.4, 0.5) is 0 Å². The Morgan fingerprint density at radius 3 is 2.91 bits per heavy atom. The van der Waals surface area contributed by atoms with Gasteiger partial charge in [0.15, 0.2) is 0 Å². The van der Waals surface area contributed by atoms with Crippen LogP contribution in [0.2, 0.25) is 5.82 Å². The molecule has 0 bridgehead atoms. The summed E-state index contributed by atoms with van der Waals surface area (Å²) in [6.45, 7) is 0. The third kappa shape index (κ3) is 5.56. The maximum atomic E-state index is 10.9. The van der Waals surface area contributed by atoms with Crippen molar-refractivity contribution >= 4 is 33.0 Å². The Balaban J connectivity index is 3.46. The second-order valence-corrected chi connectivity index (χ2v) is 3.99. The molecular formula is C6H13NO2SSe. The van der Waals surface area contributed by atoms with Gasteiger partial charge in [0.05, 0.1) is 0 Å². The average molecular weight is 242 g/mol. The Morgan fingerprint density at radius 1 is 1.82 bits per heavy atom. The predicted octanol–water partition coefficient (Wildman–Crippen LogP) is 0.277. The molecule has 0 aromatic carbocycles. The molecule has 0 aliphatic carbocycles. The van der Waals surface area contributed by atoms with Gasteiger partial charge in [-0.2, -0.15) is 0 Å². The first-order chi connectivity index (χ1) is 5.22. The van der Waals surface area contributed by atoms with Gasteiger partial charge in [-0.15, -0.1) is 0 Å². The molecule has 66 valence electrons. The van der Waals surface area contributed by atoms with E-state index in [9.17, 15) is 4.79 Å². The molecule has 0 aromatic rings. The molecule has 0 aliphatic heterocycles. The Kier molecular flexibility index (Phi) is 7.17.